The lowest BCUT2D eigenvalue weighted by Crippen LogP contribution is -2.47. The number of rotatable bonds is 4. The number of hydrogen-bond acceptors (Lipinski definition) is 4. The first-order valence-corrected chi connectivity index (χ1v) is 6.81. The van der Waals surface area contributed by atoms with E-state index in [1.54, 1.807) is 6.33 Å². The maximum absolute atomic E-state index is 4.22. The van der Waals surface area contributed by atoms with Gasteiger partial charge in [-0.15, -0.1) is 0 Å². The Kier molecular flexibility index (Phi) is 3.99. The van der Waals surface area contributed by atoms with E-state index in [4.69, 9.17) is 0 Å². The van der Waals surface area contributed by atoms with Crippen molar-refractivity contribution in [1.29, 1.82) is 0 Å². The Hall–Kier alpha value is -0.680. The van der Waals surface area contributed by atoms with E-state index in [-0.39, 0.29) is 5.54 Å². The zero-order valence-electron chi connectivity index (χ0n) is 10.4. The second-order valence-corrected chi connectivity index (χ2v) is 5.72. The van der Waals surface area contributed by atoms with Gasteiger partial charge in [0.1, 0.15) is 16.7 Å². The summed E-state index contributed by atoms with van der Waals surface area (Å²) in [5.41, 5.74) is 0.289. The number of anilines is 1. The predicted molar refractivity (Wildman–Crippen MR) is 73.1 cm³/mol. The van der Waals surface area contributed by atoms with Gasteiger partial charge in [-0.25, -0.2) is 9.97 Å². The van der Waals surface area contributed by atoms with Crippen LogP contribution in [0.1, 0.15) is 25.7 Å². The maximum atomic E-state index is 4.22. The monoisotopic (exact) mass is 298 g/mol. The molecule has 4 nitrogen and oxygen atoms in total. The molecule has 5 heteroatoms. The number of likely N-dealkylation sites (N-methyl/N-ethyl adjacent to an activating group) is 1. The van der Waals surface area contributed by atoms with Crippen LogP contribution in [0.2, 0.25) is 0 Å². The molecule has 1 heterocycles. The van der Waals surface area contributed by atoms with Crippen molar-refractivity contribution >= 4 is 21.7 Å². The molecule has 1 aromatic heterocycles. The van der Waals surface area contributed by atoms with Crippen LogP contribution < -0.4 is 5.32 Å². The lowest BCUT2D eigenvalue weighted by Gasteiger charge is -2.36. The summed E-state index contributed by atoms with van der Waals surface area (Å²) in [7, 11) is 4.34. The van der Waals surface area contributed by atoms with E-state index in [0.29, 0.717) is 0 Å². The van der Waals surface area contributed by atoms with Crippen LogP contribution in [0.15, 0.2) is 17.0 Å². The van der Waals surface area contributed by atoms with Crippen LogP contribution in [0.25, 0.3) is 0 Å². The zero-order chi connectivity index (χ0) is 12.3. The van der Waals surface area contributed by atoms with Crippen molar-refractivity contribution in [2.45, 2.75) is 31.2 Å². The molecule has 1 aromatic rings. The molecular formula is C12H19BrN4. The molecule has 0 bridgehead atoms. The van der Waals surface area contributed by atoms with Gasteiger partial charge in [-0.3, -0.25) is 0 Å². The SMILES string of the molecule is CN(C)C1(CNc2cc(Br)ncn2)CCCC1. The normalized spacial score (nSPS) is 18.6. The van der Waals surface area contributed by atoms with Crippen LogP contribution in [0.3, 0.4) is 0 Å². The first-order chi connectivity index (χ1) is 8.12. The molecule has 0 aromatic carbocycles. The van der Waals surface area contributed by atoms with E-state index >= 15 is 0 Å². The van der Waals surface area contributed by atoms with Crippen molar-refractivity contribution in [1.82, 2.24) is 14.9 Å². The molecule has 2 rings (SSSR count). The van der Waals surface area contributed by atoms with E-state index in [0.717, 1.165) is 17.0 Å². The van der Waals surface area contributed by atoms with Crippen LogP contribution in [0.4, 0.5) is 5.82 Å². The third kappa shape index (κ3) is 2.96. The van der Waals surface area contributed by atoms with E-state index in [2.05, 4.69) is 50.2 Å². The van der Waals surface area contributed by atoms with Crippen molar-refractivity contribution in [3.8, 4) is 0 Å². The topological polar surface area (TPSA) is 41.0 Å². The Bertz CT molecular complexity index is 375. The average molecular weight is 299 g/mol. The highest BCUT2D eigenvalue weighted by atomic mass is 79.9. The van der Waals surface area contributed by atoms with Crippen molar-refractivity contribution in [3.63, 3.8) is 0 Å². The minimum atomic E-state index is 0.289. The second kappa shape index (κ2) is 5.31. The van der Waals surface area contributed by atoms with Crippen LogP contribution in [0.5, 0.6) is 0 Å². The highest BCUT2D eigenvalue weighted by molar-refractivity contribution is 9.10. The second-order valence-electron chi connectivity index (χ2n) is 4.91. The van der Waals surface area contributed by atoms with Crippen molar-refractivity contribution < 1.29 is 0 Å². The van der Waals surface area contributed by atoms with Gasteiger partial charge in [-0.2, -0.15) is 0 Å². The molecule has 0 unspecified atom stereocenters. The van der Waals surface area contributed by atoms with Crippen molar-refractivity contribution in [3.05, 3.63) is 17.0 Å². The number of halogens is 1. The summed E-state index contributed by atoms with van der Waals surface area (Å²) in [5, 5.41) is 3.43. The standard InChI is InChI=1S/C12H19BrN4/c1-17(2)12(5-3-4-6-12)8-14-11-7-10(13)15-9-16-11/h7,9H,3-6,8H2,1-2H3,(H,14,15,16). The Morgan fingerprint density at radius 2 is 2.06 bits per heavy atom. The van der Waals surface area contributed by atoms with E-state index in [1.165, 1.54) is 25.7 Å². The highest BCUT2D eigenvalue weighted by Gasteiger charge is 2.35. The summed E-state index contributed by atoms with van der Waals surface area (Å²) < 4.78 is 0.820. The van der Waals surface area contributed by atoms with E-state index in [1.807, 2.05) is 6.07 Å². The fourth-order valence-corrected chi connectivity index (χ4v) is 2.81. The molecule has 0 saturated heterocycles. The number of aromatic nitrogens is 2. The molecule has 1 saturated carbocycles. The maximum Gasteiger partial charge on any atom is 0.130 e. The van der Waals surface area contributed by atoms with Gasteiger partial charge in [0, 0.05) is 18.2 Å². The molecule has 0 atom stereocenters. The summed E-state index contributed by atoms with van der Waals surface area (Å²) in [5.74, 6) is 0.889. The lowest BCUT2D eigenvalue weighted by atomic mass is 9.96. The first-order valence-electron chi connectivity index (χ1n) is 6.01. The quantitative estimate of drug-likeness (QED) is 0.867. The van der Waals surface area contributed by atoms with Crippen molar-refractivity contribution in [2.75, 3.05) is 26.0 Å². The summed E-state index contributed by atoms with van der Waals surface area (Å²) in [6.45, 7) is 0.948. The van der Waals surface area contributed by atoms with Gasteiger partial charge in [0.15, 0.2) is 0 Å². The van der Waals surface area contributed by atoms with Gasteiger partial charge in [0.25, 0.3) is 0 Å². The fraction of sp³-hybridized carbons (Fsp3) is 0.667. The van der Waals surface area contributed by atoms with E-state index in [9.17, 15) is 0 Å². The Morgan fingerprint density at radius 3 is 2.65 bits per heavy atom. The number of nitrogens with zero attached hydrogens (tertiary/aromatic N) is 3. The molecule has 1 fully saturated rings. The predicted octanol–water partition coefficient (Wildman–Crippen LogP) is 2.53. The summed E-state index contributed by atoms with van der Waals surface area (Å²) in [6, 6.07) is 1.91. The van der Waals surface area contributed by atoms with Gasteiger partial charge < -0.3 is 10.2 Å². The molecule has 0 radical (unpaired) electrons. The third-order valence-corrected chi connectivity index (χ3v) is 4.15. The van der Waals surface area contributed by atoms with Crippen LogP contribution >= 0.6 is 15.9 Å². The van der Waals surface area contributed by atoms with Gasteiger partial charge in [0.05, 0.1) is 0 Å². The molecule has 17 heavy (non-hydrogen) atoms. The lowest BCUT2D eigenvalue weighted by molar-refractivity contribution is 0.172. The van der Waals surface area contributed by atoms with Crippen LogP contribution in [-0.2, 0) is 0 Å². The number of nitrogens with one attached hydrogen (secondary N) is 1. The molecular weight excluding hydrogens is 280 g/mol. The zero-order valence-corrected chi connectivity index (χ0v) is 12.0. The molecule has 0 aliphatic heterocycles. The molecule has 0 amide bonds. The van der Waals surface area contributed by atoms with Crippen molar-refractivity contribution in [2.24, 2.45) is 0 Å². The summed E-state index contributed by atoms with van der Waals surface area (Å²) in [6.07, 6.45) is 6.75. The fourth-order valence-electron chi connectivity index (χ4n) is 2.50. The van der Waals surface area contributed by atoms with E-state index < -0.39 is 0 Å². The van der Waals surface area contributed by atoms with Gasteiger partial charge >= 0.3 is 0 Å². The first kappa shape index (κ1) is 12.8. The van der Waals surface area contributed by atoms with Gasteiger partial charge in [0.2, 0.25) is 0 Å². The number of hydrogen-bond donors (Lipinski definition) is 1. The van der Waals surface area contributed by atoms with Crippen LogP contribution in [0, 0.1) is 0 Å². The minimum absolute atomic E-state index is 0.289. The molecule has 1 aliphatic rings. The summed E-state index contributed by atoms with van der Waals surface area (Å²) >= 11 is 3.36. The largest absolute Gasteiger partial charge is 0.368 e. The van der Waals surface area contributed by atoms with Gasteiger partial charge in [-0.05, 0) is 42.9 Å². The Morgan fingerprint density at radius 1 is 1.35 bits per heavy atom. The highest BCUT2D eigenvalue weighted by Crippen LogP contribution is 2.33. The minimum Gasteiger partial charge on any atom is -0.368 e. The smallest absolute Gasteiger partial charge is 0.130 e. The molecule has 1 aliphatic carbocycles. The molecule has 0 spiro atoms. The van der Waals surface area contributed by atoms with Crippen LogP contribution in [-0.4, -0.2) is 41.0 Å². The Labute approximate surface area is 111 Å². The molecule has 94 valence electrons. The summed E-state index contributed by atoms with van der Waals surface area (Å²) in [4.78, 5) is 10.6. The van der Waals surface area contributed by atoms with Gasteiger partial charge in [-0.1, -0.05) is 12.8 Å². The molecule has 1 N–H and O–H groups in total. The third-order valence-electron chi connectivity index (χ3n) is 3.72. The Balaban J connectivity index is 2.01. The average Bonchev–Trinajstić information content (AvgIpc) is 2.76.